The first-order valence-electron chi connectivity index (χ1n) is 7.69. The van der Waals surface area contributed by atoms with Crippen molar-refractivity contribution in [2.45, 2.75) is 11.8 Å². The monoisotopic (exact) mass is 479 g/mol. The minimum Gasteiger partial charge on any atom is -0.545 e. The number of hydrogen-bond acceptors (Lipinski definition) is 8. The van der Waals surface area contributed by atoms with Crippen molar-refractivity contribution in [3.8, 4) is 5.75 Å². The van der Waals surface area contributed by atoms with Gasteiger partial charge in [-0.2, -0.15) is 13.2 Å². The number of aliphatic carboxylic acids is 2. The van der Waals surface area contributed by atoms with Crippen LogP contribution in [0.3, 0.4) is 0 Å². The first kappa shape index (κ1) is 23.9. The number of carboxylic acid groups (broad SMARTS) is 2. The van der Waals surface area contributed by atoms with E-state index in [1.54, 1.807) is 0 Å². The summed E-state index contributed by atoms with van der Waals surface area (Å²) in [7, 11) is 0. The van der Waals surface area contributed by atoms with E-state index in [-0.39, 0.29) is 12.1 Å². The average molecular weight is 480 g/mol. The fourth-order valence-electron chi connectivity index (χ4n) is 2.39. The third-order valence-corrected chi connectivity index (χ3v) is 4.38. The number of carboxylic acids is 2. The highest BCUT2D eigenvalue weighted by Crippen LogP contribution is 2.41. The molecule has 0 aromatic heterocycles. The summed E-state index contributed by atoms with van der Waals surface area (Å²) in [4.78, 5) is 46.2. The van der Waals surface area contributed by atoms with Crippen LogP contribution in [-0.4, -0.2) is 28.2 Å². The summed E-state index contributed by atoms with van der Waals surface area (Å²) >= 11 is 11.3. The average Bonchev–Trinajstić information content (AvgIpc) is 2.65. The SMILES string of the molecule is O=C([O-])C(Oc1c(Cl)cc(C(F)(F)F)cc1Cl)(C(=O)[O-])C(=O)c1ccccc1[N+](=O)[O-]. The molecule has 0 saturated carbocycles. The van der Waals surface area contributed by atoms with E-state index in [4.69, 9.17) is 23.2 Å². The van der Waals surface area contributed by atoms with E-state index in [0.29, 0.717) is 0 Å². The fraction of sp³-hybridized carbons (Fsp3) is 0.118. The second kappa shape index (κ2) is 8.40. The number of ketones is 1. The van der Waals surface area contributed by atoms with Crippen LogP contribution >= 0.6 is 23.2 Å². The van der Waals surface area contributed by atoms with Crippen LogP contribution < -0.4 is 14.9 Å². The Morgan fingerprint density at radius 1 is 0.968 bits per heavy atom. The van der Waals surface area contributed by atoms with Gasteiger partial charge in [0.15, 0.2) is 5.75 Å². The van der Waals surface area contributed by atoms with Crippen molar-refractivity contribution >= 4 is 46.6 Å². The van der Waals surface area contributed by atoms with Crippen LogP contribution in [-0.2, 0) is 15.8 Å². The van der Waals surface area contributed by atoms with Gasteiger partial charge in [0.1, 0.15) is 5.56 Å². The topological polar surface area (TPSA) is 150 Å². The van der Waals surface area contributed by atoms with E-state index in [0.717, 1.165) is 24.3 Å². The van der Waals surface area contributed by atoms with Crippen molar-refractivity contribution in [2.75, 3.05) is 0 Å². The van der Waals surface area contributed by atoms with Crippen LogP contribution in [0.25, 0.3) is 0 Å². The van der Waals surface area contributed by atoms with Gasteiger partial charge in [-0.1, -0.05) is 35.3 Å². The first-order valence-corrected chi connectivity index (χ1v) is 8.45. The van der Waals surface area contributed by atoms with Crippen LogP contribution in [0.2, 0.25) is 10.0 Å². The van der Waals surface area contributed by atoms with E-state index in [2.05, 4.69) is 4.74 Å². The van der Waals surface area contributed by atoms with Crippen molar-refractivity contribution < 1.29 is 47.4 Å². The zero-order chi connectivity index (χ0) is 23.7. The first-order chi connectivity index (χ1) is 14.2. The van der Waals surface area contributed by atoms with Gasteiger partial charge in [0, 0.05) is 6.07 Å². The van der Waals surface area contributed by atoms with Gasteiger partial charge in [0.2, 0.25) is 11.4 Å². The Hall–Kier alpha value is -3.38. The van der Waals surface area contributed by atoms with Crippen molar-refractivity contribution in [3.05, 3.63) is 67.7 Å². The van der Waals surface area contributed by atoms with Crippen LogP contribution in [0.15, 0.2) is 36.4 Å². The van der Waals surface area contributed by atoms with Gasteiger partial charge in [-0.3, -0.25) is 14.9 Å². The lowest BCUT2D eigenvalue weighted by molar-refractivity contribution is -0.385. The molecule has 0 N–H and O–H groups in total. The number of carbonyl (C=O) groups is 3. The van der Waals surface area contributed by atoms with E-state index >= 15 is 0 Å². The molecule has 2 aromatic carbocycles. The van der Waals surface area contributed by atoms with E-state index in [1.807, 2.05) is 0 Å². The van der Waals surface area contributed by atoms with E-state index < -0.39 is 67.0 Å². The number of nitro benzene ring substituents is 1. The molecule has 164 valence electrons. The molecule has 14 heteroatoms. The van der Waals surface area contributed by atoms with Gasteiger partial charge in [-0.25, -0.2) is 0 Å². The summed E-state index contributed by atoms with van der Waals surface area (Å²) in [6, 6.07) is 4.09. The smallest absolute Gasteiger partial charge is 0.416 e. The number of Topliss-reactive ketones (excluding diaryl/α,β-unsaturated/α-hetero) is 1. The molecule has 9 nitrogen and oxygen atoms in total. The maximum Gasteiger partial charge on any atom is 0.416 e. The Kier molecular flexibility index (Phi) is 6.47. The highest BCUT2D eigenvalue weighted by molar-refractivity contribution is 6.37. The molecular formula is C17H6Cl2F3NO8-2. The molecule has 2 rings (SSSR count). The van der Waals surface area contributed by atoms with Crippen LogP contribution in [0.1, 0.15) is 15.9 Å². The molecule has 0 aliphatic rings. The summed E-state index contributed by atoms with van der Waals surface area (Å²) in [6.45, 7) is 0. The lowest BCUT2D eigenvalue weighted by atomic mass is 9.91. The zero-order valence-corrected chi connectivity index (χ0v) is 16.1. The molecule has 0 unspecified atom stereocenters. The number of benzene rings is 2. The Morgan fingerprint density at radius 3 is 1.87 bits per heavy atom. The minimum absolute atomic E-state index is 0.230. The van der Waals surface area contributed by atoms with Gasteiger partial charge in [-0.05, 0) is 18.2 Å². The second-order valence-electron chi connectivity index (χ2n) is 5.73. The number of ether oxygens (including phenoxy) is 1. The van der Waals surface area contributed by atoms with Crippen molar-refractivity contribution in [3.63, 3.8) is 0 Å². The molecule has 0 atom stereocenters. The number of nitrogens with zero attached hydrogens (tertiary/aromatic N) is 1. The number of nitro groups is 1. The zero-order valence-electron chi connectivity index (χ0n) is 14.6. The predicted octanol–water partition coefficient (Wildman–Crippen LogP) is 1.42. The Morgan fingerprint density at radius 2 is 1.45 bits per heavy atom. The molecule has 0 fully saturated rings. The van der Waals surface area contributed by atoms with Crippen LogP contribution in [0.5, 0.6) is 5.75 Å². The molecular weight excluding hydrogens is 474 g/mol. The summed E-state index contributed by atoms with van der Waals surface area (Å²) in [5.41, 5.74) is -7.50. The number of alkyl halides is 3. The second-order valence-corrected chi connectivity index (χ2v) is 6.54. The number of para-hydroxylation sites is 1. The highest BCUT2D eigenvalue weighted by atomic mass is 35.5. The standard InChI is InChI=1S/C17H8Cl2F3NO8/c18-9-5-7(17(20,21)22)6-10(19)12(9)31-16(14(25)26,15(27)28)13(24)8-3-1-2-4-11(8)23(29)30/h1-6H,(H,25,26)(H,27,28)/p-2. The maximum atomic E-state index is 12.9. The molecule has 0 bridgehead atoms. The quantitative estimate of drug-likeness (QED) is 0.250. The number of hydrogen-bond donors (Lipinski definition) is 0. The molecule has 0 saturated heterocycles. The van der Waals surface area contributed by atoms with Gasteiger partial charge in [0.05, 0.1) is 32.5 Å². The fourth-order valence-corrected chi connectivity index (χ4v) is 2.95. The molecule has 0 amide bonds. The van der Waals surface area contributed by atoms with E-state index in [9.17, 15) is 47.9 Å². The molecule has 0 radical (unpaired) electrons. The summed E-state index contributed by atoms with van der Waals surface area (Å²) in [5, 5.41) is 32.5. The Bertz CT molecular complexity index is 1070. The molecule has 2 aromatic rings. The lowest BCUT2D eigenvalue weighted by Gasteiger charge is -2.35. The van der Waals surface area contributed by atoms with Crippen molar-refractivity contribution in [1.82, 2.24) is 0 Å². The predicted molar refractivity (Wildman–Crippen MR) is 92.3 cm³/mol. The summed E-state index contributed by atoms with van der Waals surface area (Å²) < 4.78 is 43.3. The van der Waals surface area contributed by atoms with E-state index in [1.165, 1.54) is 0 Å². The maximum absolute atomic E-state index is 12.9. The molecule has 0 heterocycles. The number of halogens is 5. The summed E-state index contributed by atoms with van der Waals surface area (Å²) in [6.07, 6.45) is -4.94. The summed E-state index contributed by atoms with van der Waals surface area (Å²) in [5.74, 6) is -8.66. The minimum atomic E-state index is -4.94. The molecule has 0 aliphatic heterocycles. The third kappa shape index (κ3) is 4.39. The normalized spacial score (nSPS) is 11.6. The highest BCUT2D eigenvalue weighted by Gasteiger charge is 2.48. The molecule has 0 spiro atoms. The lowest BCUT2D eigenvalue weighted by Crippen LogP contribution is -2.67. The van der Waals surface area contributed by atoms with Crippen LogP contribution in [0.4, 0.5) is 18.9 Å². The Labute approximate surface area is 179 Å². The van der Waals surface area contributed by atoms with Gasteiger partial charge in [0.25, 0.3) is 5.69 Å². The third-order valence-electron chi connectivity index (χ3n) is 3.82. The van der Waals surface area contributed by atoms with Crippen molar-refractivity contribution in [1.29, 1.82) is 0 Å². The largest absolute Gasteiger partial charge is 0.545 e. The van der Waals surface area contributed by atoms with Gasteiger partial charge >= 0.3 is 6.18 Å². The molecule has 31 heavy (non-hydrogen) atoms. The number of carbonyl (C=O) groups excluding carboxylic acids is 3. The van der Waals surface area contributed by atoms with Gasteiger partial charge in [-0.15, -0.1) is 0 Å². The Balaban J connectivity index is 2.73. The van der Waals surface area contributed by atoms with Crippen LogP contribution in [0, 0.1) is 10.1 Å². The molecule has 0 aliphatic carbocycles. The van der Waals surface area contributed by atoms with Gasteiger partial charge < -0.3 is 24.5 Å². The number of rotatable bonds is 7. The van der Waals surface area contributed by atoms with Crippen molar-refractivity contribution in [2.24, 2.45) is 0 Å².